The molecule has 0 spiro atoms. The second kappa shape index (κ2) is 5.25. The molecule has 0 saturated heterocycles. The van der Waals surface area contributed by atoms with Gasteiger partial charge in [0.15, 0.2) is 5.82 Å². The van der Waals surface area contributed by atoms with Gasteiger partial charge in [-0.1, -0.05) is 13.8 Å². The van der Waals surface area contributed by atoms with Gasteiger partial charge in [-0.25, -0.2) is 0 Å². The molecule has 2 aromatic rings. The minimum atomic E-state index is 0.597. The van der Waals surface area contributed by atoms with Crippen molar-refractivity contribution in [3.8, 4) is 0 Å². The summed E-state index contributed by atoms with van der Waals surface area (Å²) in [5.74, 6) is 1.54. The molecule has 0 aromatic carbocycles. The van der Waals surface area contributed by atoms with E-state index in [2.05, 4.69) is 41.0 Å². The quantitative estimate of drug-likeness (QED) is 0.881. The van der Waals surface area contributed by atoms with Crippen LogP contribution in [-0.4, -0.2) is 19.6 Å². The molecule has 0 fully saturated rings. The number of aromatic nitrogens is 4. The highest BCUT2D eigenvalue weighted by molar-refractivity contribution is 5.41. The van der Waals surface area contributed by atoms with Crippen LogP contribution in [0.1, 0.15) is 25.1 Å². The van der Waals surface area contributed by atoms with E-state index in [0.29, 0.717) is 5.92 Å². The maximum atomic E-state index is 4.38. The first-order valence-corrected chi connectivity index (χ1v) is 6.31. The zero-order chi connectivity index (χ0) is 13.1. The predicted molar refractivity (Wildman–Crippen MR) is 72.3 cm³/mol. The highest BCUT2D eigenvalue weighted by Gasteiger charge is 2.07. The second-order valence-corrected chi connectivity index (χ2v) is 5.09. The SMILES string of the molecule is Cc1cn(C)nc1NCc1ccnn1CC(C)C. The third kappa shape index (κ3) is 2.91. The fourth-order valence-corrected chi connectivity index (χ4v) is 1.98. The summed E-state index contributed by atoms with van der Waals surface area (Å²) in [5.41, 5.74) is 2.35. The van der Waals surface area contributed by atoms with Crippen LogP contribution in [-0.2, 0) is 20.1 Å². The second-order valence-electron chi connectivity index (χ2n) is 5.09. The van der Waals surface area contributed by atoms with Crippen molar-refractivity contribution in [1.29, 1.82) is 0 Å². The number of hydrogen-bond acceptors (Lipinski definition) is 3. The Labute approximate surface area is 108 Å². The van der Waals surface area contributed by atoms with Gasteiger partial charge in [-0.15, -0.1) is 0 Å². The Balaban J connectivity index is 2.02. The van der Waals surface area contributed by atoms with Gasteiger partial charge in [-0.2, -0.15) is 10.2 Å². The molecule has 2 heterocycles. The molecule has 0 aliphatic rings. The standard InChI is InChI=1S/C13H21N5/c1-10(2)8-18-12(5-6-15-18)7-14-13-11(3)9-17(4)16-13/h5-6,9-10H,7-8H2,1-4H3,(H,14,16). The van der Waals surface area contributed by atoms with Crippen LogP contribution in [0.15, 0.2) is 18.5 Å². The Morgan fingerprint density at radius 1 is 1.39 bits per heavy atom. The topological polar surface area (TPSA) is 47.7 Å². The minimum absolute atomic E-state index is 0.597. The minimum Gasteiger partial charge on any atom is -0.363 e. The van der Waals surface area contributed by atoms with Crippen LogP contribution in [0.2, 0.25) is 0 Å². The fraction of sp³-hybridized carbons (Fsp3) is 0.538. The smallest absolute Gasteiger partial charge is 0.151 e. The summed E-state index contributed by atoms with van der Waals surface area (Å²) in [7, 11) is 1.93. The molecule has 1 N–H and O–H groups in total. The first-order chi connectivity index (χ1) is 8.56. The van der Waals surface area contributed by atoms with Crippen molar-refractivity contribution >= 4 is 5.82 Å². The molecule has 0 aliphatic carbocycles. The van der Waals surface area contributed by atoms with Gasteiger partial charge in [0.25, 0.3) is 0 Å². The largest absolute Gasteiger partial charge is 0.363 e. The van der Waals surface area contributed by atoms with Crippen LogP contribution >= 0.6 is 0 Å². The molecule has 0 radical (unpaired) electrons. The molecule has 0 unspecified atom stereocenters. The number of aryl methyl sites for hydroxylation is 2. The lowest BCUT2D eigenvalue weighted by Gasteiger charge is -2.10. The van der Waals surface area contributed by atoms with Crippen molar-refractivity contribution in [1.82, 2.24) is 19.6 Å². The van der Waals surface area contributed by atoms with E-state index in [-0.39, 0.29) is 0 Å². The number of anilines is 1. The highest BCUT2D eigenvalue weighted by Crippen LogP contribution is 2.12. The number of hydrogen-bond donors (Lipinski definition) is 1. The van der Waals surface area contributed by atoms with Crippen LogP contribution in [0.5, 0.6) is 0 Å². The first kappa shape index (κ1) is 12.7. The van der Waals surface area contributed by atoms with Crippen molar-refractivity contribution in [3.05, 3.63) is 29.7 Å². The first-order valence-electron chi connectivity index (χ1n) is 6.31. The van der Waals surface area contributed by atoms with Gasteiger partial charge < -0.3 is 5.32 Å². The van der Waals surface area contributed by atoms with Gasteiger partial charge in [0.05, 0.1) is 12.2 Å². The van der Waals surface area contributed by atoms with Gasteiger partial charge in [0, 0.05) is 31.5 Å². The van der Waals surface area contributed by atoms with Crippen molar-refractivity contribution in [2.24, 2.45) is 13.0 Å². The van der Waals surface area contributed by atoms with Crippen LogP contribution in [0.3, 0.4) is 0 Å². The fourth-order valence-electron chi connectivity index (χ4n) is 1.98. The summed E-state index contributed by atoms with van der Waals surface area (Å²) in [5, 5.41) is 12.1. The molecule has 0 amide bonds. The number of rotatable bonds is 5. The molecule has 0 atom stereocenters. The molecule has 0 aliphatic heterocycles. The van der Waals surface area contributed by atoms with Gasteiger partial charge >= 0.3 is 0 Å². The average Bonchev–Trinajstić information content (AvgIpc) is 2.82. The van der Waals surface area contributed by atoms with E-state index in [0.717, 1.165) is 24.5 Å². The van der Waals surface area contributed by atoms with Crippen molar-refractivity contribution in [3.63, 3.8) is 0 Å². The summed E-state index contributed by atoms with van der Waals surface area (Å²) in [6.45, 7) is 8.15. The molecule has 2 rings (SSSR count). The Morgan fingerprint density at radius 3 is 2.78 bits per heavy atom. The van der Waals surface area contributed by atoms with Crippen LogP contribution in [0.25, 0.3) is 0 Å². The van der Waals surface area contributed by atoms with E-state index in [1.54, 1.807) is 0 Å². The Morgan fingerprint density at radius 2 is 2.17 bits per heavy atom. The molecule has 18 heavy (non-hydrogen) atoms. The number of nitrogens with one attached hydrogen (secondary N) is 1. The molecule has 2 aromatic heterocycles. The Hall–Kier alpha value is -1.78. The molecule has 5 nitrogen and oxygen atoms in total. The van der Waals surface area contributed by atoms with Gasteiger partial charge in [0.1, 0.15) is 0 Å². The highest BCUT2D eigenvalue weighted by atomic mass is 15.3. The van der Waals surface area contributed by atoms with E-state index in [4.69, 9.17) is 0 Å². The summed E-state index contributed by atoms with van der Waals surface area (Å²) < 4.78 is 3.87. The van der Waals surface area contributed by atoms with Gasteiger partial charge in [-0.05, 0) is 18.9 Å². The van der Waals surface area contributed by atoms with Crippen molar-refractivity contribution < 1.29 is 0 Å². The van der Waals surface area contributed by atoms with E-state index in [1.165, 1.54) is 5.69 Å². The lowest BCUT2D eigenvalue weighted by molar-refractivity contribution is 0.470. The maximum absolute atomic E-state index is 4.38. The summed E-state index contributed by atoms with van der Waals surface area (Å²) >= 11 is 0. The lowest BCUT2D eigenvalue weighted by atomic mass is 10.2. The van der Waals surface area contributed by atoms with E-state index < -0.39 is 0 Å². The monoisotopic (exact) mass is 247 g/mol. The van der Waals surface area contributed by atoms with E-state index >= 15 is 0 Å². The molecular weight excluding hydrogens is 226 g/mol. The van der Waals surface area contributed by atoms with E-state index in [9.17, 15) is 0 Å². The number of nitrogens with zero attached hydrogens (tertiary/aromatic N) is 4. The maximum Gasteiger partial charge on any atom is 0.151 e. The normalized spacial score (nSPS) is 11.2. The zero-order valence-electron chi connectivity index (χ0n) is 11.5. The molecular formula is C13H21N5. The summed E-state index contributed by atoms with van der Waals surface area (Å²) in [6, 6.07) is 2.05. The zero-order valence-corrected chi connectivity index (χ0v) is 11.5. The van der Waals surface area contributed by atoms with E-state index in [1.807, 2.05) is 30.2 Å². The predicted octanol–water partition coefficient (Wildman–Crippen LogP) is 2.19. The Kier molecular flexibility index (Phi) is 3.69. The van der Waals surface area contributed by atoms with Gasteiger partial charge in [-0.3, -0.25) is 9.36 Å². The third-order valence-electron chi connectivity index (χ3n) is 2.79. The summed E-state index contributed by atoms with van der Waals surface area (Å²) in [4.78, 5) is 0. The third-order valence-corrected chi connectivity index (χ3v) is 2.79. The summed E-state index contributed by atoms with van der Waals surface area (Å²) in [6.07, 6.45) is 3.86. The molecule has 0 saturated carbocycles. The molecule has 5 heteroatoms. The van der Waals surface area contributed by atoms with Crippen molar-refractivity contribution in [2.75, 3.05) is 5.32 Å². The van der Waals surface area contributed by atoms with Crippen molar-refractivity contribution in [2.45, 2.75) is 33.9 Å². The molecule has 0 bridgehead atoms. The molecule has 98 valence electrons. The van der Waals surface area contributed by atoms with Crippen LogP contribution in [0, 0.1) is 12.8 Å². The van der Waals surface area contributed by atoms with Crippen LogP contribution in [0.4, 0.5) is 5.82 Å². The van der Waals surface area contributed by atoms with Crippen LogP contribution < -0.4 is 5.32 Å². The average molecular weight is 247 g/mol. The van der Waals surface area contributed by atoms with Gasteiger partial charge in [0.2, 0.25) is 0 Å². The lowest BCUT2D eigenvalue weighted by Crippen LogP contribution is -2.12. The Bertz CT molecular complexity index is 509.